The Morgan fingerprint density at radius 1 is 0.964 bits per heavy atom. The summed E-state index contributed by atoms with van der Waals surface area (Å²) >= 11 is 0. The number of hydrogen-bond acceptors (Lipinski definition) is 3. The van der Waals surface area contributed by atoms with Crippen LogP contribution < -0.4 is 10.0 Å². The SMILES string of the molecule is C[C@H](NC(=O)C1(c2ccc(NS(C)(=O)=O)cc2)CCCCC1)c1ccccc1. The third-order valence-electron chi connectivity index (χ3n) is 5.53. The average Bonchev–Trinajstić information content (AvgIpc) is 2.68. The number of hydrogen-bond donors (Lipinski definition) is 2. The van der Waals surface area contributed by atoms with Crippen LogP contribution in [-0.2, 0) is 20.2 Å². The van der Waals surface area contributed by atoms with Gasteiger partial charge in [0.05, 0.1) is 17.7 Å². The lowest BCUT2D eigenvalue weighted by Crippen LogP contribution is -2.46. The summed E-state index contributed by atoms with van der Waals surface area (Å²) in [5.41, 5.74) is 1.97. The fraction of sp³-hybridized carbons (Fsp3) is 0.409. The smallest absolute Gasteiger partial charge is 0.231 e. The molecule has 2 aromatic carbocycles. The maximum absolute atomic E-state index is 13.4. The Kier molecular flexibility index (Phi) is 6.08. The second-order valence-corrected chi connectivity index (χ2v) is 9.45. The molecule has 0 radical (unpaired) electrons. The van der Waals surface area contributed by atoms with Crippen LogP contribution in [0.4, 0.5) is 5.69 Å². The van der Waals surface area contributed by atoms with Gasteiger partial charge in [-0.25, -0.2) is 8.42 Å². The van der Waals surface area contributed by atoms with Crippen molar-refractivity contribution in [2.24, 2.45) is 0 Å². The molecular weight excluding hydrogens is 372 g/mol. The van der Waals surface area contributed by atoms with Gasteiger partial charge in [-0.15, -0.1) is 0 Å². The summed E-state index contributed by atoms with van der Waals surface area (Å²) in [4.78, 5) is 13.4. The summed E-state index contributed by atoms with van der Waals surface area (Å²) in [5, 5.41) is 3.21. The number of amides is 1. The minimum Gasteiger partial charge on any atom is -0.349 e. The van der Waals surface area contributed by atoms with Crippen LogP contribution in [0.25, 0.3) is 0 Å². The molecule has 0 spiro atoms. The van der Waals surface area contributed by atoms with Crippen LogP contribution in [0.3, 0.4) is 0 Å². The number of carbonyl (C=O) groups excluding carboxylic acids is 1. The second kappa shape index (κ2) is 8.35. The van der Waals surface area contributed by atoms with E-state index >= 15 is 0 Å². The molecule has 28 heavy (non-hydrogen) atoms. The van der Waals surface area contributed by atoms with Gasteiger partial charge >= 0.3 is 0 Å². The third-order valence-corrected chi connectivity index (χ3v) is 6.14. The van der Waals surface area contributed by atoms with E-state index in [9.17, 15) is 13.2 Å². The van der Waals surface area contributed by atoms with Crippen molar-refractivity contribution in [3.05, 3.63) is 65.7 Å². The molecule has 3 rings (SSSR count). The van der Waals surface area contributed by atoms with Crippen LogP contribution >= 0.6 is 0 Å². The largest absolute Gasteiger partial charge is 0.349 e. The van der Waals surface area contributed by atoms with Gasteiger partial charge in [-0.05, 0) is 43.0 Å². The summed E-state index contributed by atoms with van der Waals surface area (Å²) < 4.78 is 25.4. The molecule has 1 aliphatic rings. The predicted molar refractivity (Wildman–Crippen MR) is 113 cm³/mol. The highest BCUT2D eigenvalue weighted by atomic mass is 32.2. The molecule has 5 nitrogen and oxygen atoms in total. The molecule has 1 atom stereocenters. The molecule has 1 aliphatic carbocycles. The van der Waals surface area contributed by atoms with Crippen molar-refractivity contribution < 1.29 is 13.2 Å². The van der Waals surface area contributed by atoms with Crippen LogP contribution in [0.1, 0.15) is 56.2 Å². The number of benzene rings is 2. The van der Waals surface area contributed by atoms with E-state index in [4.69, 9.17) is 0 Å². The second-order valence-electron chi connectivity index (χ2n) is 7.70. The van der Waals surface area contributed by atoms with E-state index in [1.54, 1.807) is 12.1 Å². The van der Waals surface area contributed by atoms with Crippen molar-refractivity contribution in [2.75, 3.05) is 11.0 Å². The molecule has 6 heteroatoms. The number of anilines is 1. The van der Waals surface area contributed by atoms with E-state index in [0.29, 0.717) is 5.69 Å². The standard InChI is InChI=1S/C22H28N2O3S/c1-17(18-9-5-3-6-10-18)23-21(25)22(15-7-4-8-16-22)19-11-13-20(14-12-19)24-28(2,26)27/h3,5-6,9-14,17,24H,4,7-8,15-16H2,1-2H3,(H,23,25)/t17-/m0/s1. The van der Waals surface area contributed by atoms with Gasteiger partial charge in [0.15, 0.2) is 0 Å². The normalized spacial score (nSPS) is 17.5. The molecule has 0 heterocycles. The highest BCUT2D eigenvalue weighted by Gasteiger charge is 2.41. The van der Waals surface area contributed by atoms with E-state index in [1.807, 2.05) is 49.4 Å². The molecule has 0 aromatic heterocycles. The van der Waals surface area contributed by atoms with E-state index in [1.165, 1.54) is 0 Å². The van der Waals surface area contributed by atoms with E-state index in [2.05, 4.69) is 10.0 Å². The molecule has 150 valence electrons. The Morgan fingerprint density at radius 3 is 2.14 bits per heavy atom. The van der Waals surface area contributed by atoms with Gasteiger partial charge in [-0.2, -0.15) is 0 Å². The number of rotatable bonds is 6. The summed E-state index contributed by atoms with van der Waals surface area (Å²) in [6.45, 7) is 2.00. The highest BCUT2D eigenvalue weighted by molar-refractivity contribution is 7.92. The molecule has 1 amide bonds. The molecule has 1 fully saturated rings. The van der Waals surface area contributed by atoms with Crippen LogP contribution in [-0.4, -0.2) is 20.6 Å². The van der Waals surface area contributed by atoms with Crippen LogP contribution in [0.2, 0.25) is 0 Å². The van der Waals surface area contributed by atoms with E-state index < -0.39 is 15.4 Å². The Morgan fingerprint density at radius 2 is 1.57 bits per heavy atom. The van der Waals surface area contributed by atoms with Gasteiger partial charge < -0.3 is 5.32 Å². The van der Waals surface area contributed by atoms with Crippen molar-refractivity contribution in [2.45, 2.75) is 50.5 Å². The first-order valence-corrected chi connectivity index (χ1v) is 11.6. The minimum atomic E-state index is -3.32. The first-order valence-electron chi connectivity index (χ1n) is 9.74. The Balaban J connectivity index is 1.85. The van der Waals surface area contributed by atoms with Gasteiger partial charge in [0.1, 0.15) is 0 Å². The first-order chi connectivity index (χ1) is 13.3. The minimum absolute atomic E-state index is 0.0485. The molecule has 0 bridgehead atoms. The fourth-order valence-electron chi connectivity index (χ4n) is 4.03. The average molecular weight is 401 g/mol. The van der Waals surface area contributed by atoms with Crippen LogP contribution in [0.5, 0.6) is 0 Å². The molecule has 0 unspecified atom stereocenters. The molecule has 1 saturated carbocycles. The van der Waals surface area contributed by atoms with Crippen molar-refractivity contribution in [1.29, 1.82) is 0 Å². The number of carbonyl (C=O) groups is 1. The van der Waals surface area contributed by atoms with Crippen LogP contribution in [0, 0.1) is 0 Å². The number of nitrogens with one attached hydrogen (secondary N) is 2. The summed E-state index contributed by atoms with van der Waals surface area (Å²) in [6.07, 6.45) is 5.89. The van der Waals surface area contributed by atoms with Crippen molar-refractivity contribution in [1.82, 2.24) is 5.32 Å². The lowest BCUT2D eigenvalue weighted by molar-refractivity contribution is -0.128. The Labute approximate surface area is 167 Å². The molecule has 0 aliphatic heterocycles. The van der Waals surface area contributed by atoms with E-state index in [0.717, 1.165) is 49.5 Å². The number of sulfonamides is 1. The Bertz CT molecular complexity index is 903. The third kappa shape index (κ3) is 4.73. The van der Waals surface area contributed by atoms with Gasteiger partial charge in [0.2, 0.25) is 15.9 Å². The van der Waals surface area contributed by atoms with Gasteiger partial charge in [0, 0.05) is 5.69 Å². The fourth-order valence-corrected chi connectivity index (χ4v) is 4.60. The van der Waals surface area contributed by atoms with Crippen molar-refractivity contribution in [3.63, 3.8) is 0 Å². The van der Waals surface area contributed by atoms with E-state index in [-0.39, 0.29) is 11.9 Å². The van der Waals surface area contributed by atoms with Gasteiger partial charge in [-0.3, -0.25) is 9.52 Å². The summed E-state index contributed by atoms with van der Waals surface area (Å²) in [5.74, 6) is 0.0485. The van der Waals surface area contributed by atoms with Gasteiger partial charge in [-0.1, -0.05) is 61.7 Å². The lowest BCUT2D eigenvalue weighted by Gasteiger charge is -2.37. The predicted octanol–water partition coefficient (Wildman–Crippen LogP) is 4.14. The summed E-state index contributed by atoms with van der Waals surface area (Å²) in [6, 6.07) is 17.1. The first kappa shape index (κ1) is 20.4. The van der Waals surface area contributed by atoms with Crippen molar-refractivity contribution >= 4 is 21.6 Å². The quantitative estimate of drug-likeness (QED) is 0.765. The lowest BCUT2D eigenvalue weighted by atomic mass is 9.68. The monoisotopic (exact) mass is 400 g/mol. The zero-order valence-electron chi connectivity index (χ0n) is 16.4. The maximum Gasteiger partial charge on any atom is 0.231 e. The molecule has 2 aromatic rings. The van der Waals surface area contributed by atoms with Gasteiger partial charge in [0.25, 0.3) is 0 Å². The zero-order chi connectivity index (χ0) is 20.2. The summed E-state index contributed by atoms with van der Waals surface area (Å²) in [7, 11) is -3.32. The molecular formula is C22H28N2O3S. The highest BCUT2D eigenvalue weighted by Crippen LogP contribution is 2.40. The maximum atomic E-state index is 13.4. The Hall–Kier alpha value is -2.34. The van der Waals surface area contributed by atoms with Crippen LogP contribution in [0.15, 0.2) is 54.6 Å². The molecule has 0 saturated heterocycles. The topological polar surface area (TPSA) is 75.3 Å². The zero-order valence-corrected chi connectivity index (χ0v) is 17.3. The van der Waals surface area contributed by atoms with Crippen molar-refractivity contribution in [3.8, 4) is 0 Å². The molecule has 2 N–H and O–H groups in total.